The summed E-state index contributed by atoms with van der Waals surface area (Å²) in [5.74, 6) is 0. The molecule has 22 heavy (non-hydrogen) atoms. The van der Waals surface area contributed by atoms with Crippen LogP contribution in [0.2, 0.25) is 0 Å². The van der Waals surface area contributed by atoms with E-state index in [-0.39, 0.29) is 11.7 Å². The highest BCUT2D eigenvalue weighted by atomic mass is 19.4. The summed E-state index contributed by atoms with van der Waals surface area (Å²) in [6.07, 6.45) is -0.798. The molecule has 2 amide bonds. The van der Waals surface area contributed by atoms with Gasteiger partial charge in [0.25, 0.3) is 0 Å². The SMILES string of the molecule is CCCNC(=O)Nc1cnn(-c2cccc(C(F)(F)F)c2)c1. The van der Waals surface area contributed by atoms with Crippen LogP contribution < -0.4 is 10.6 Å². The first-order valence-corrected chi connectivity index (χ1v) is 6.67. The molecule has 0 aliphatic carbocycles. The van der Waals surface area contributed by atoms with Gasteiger partial charge in [0.15, 0.2) is 0 Å². The fourth-order valence-corrected chi connectivity index (χ4v) is 1.77. The minimum absolute atomic E-state index is 0.261. The number of hydrogen-bond donors (Lipinski definition) is 2. The molecule has 2 N–H and O–H groups in total. The van der Waals surface area contributed by atoms with Crippen LogP contribution in [0.4, 0.5) is 23.7 Å². The van der Waals surface area contributed by atoms with Crippen molar-refractivity contribution in [1.82, 2.24) is 15.1 Å². The number of alkyl halides is 3. The van der Waals surface area contributed by atoms with E-state index in [9.17, 15) is 18.0 Å². The maximum Gasteiger partial charge on any atom is 0.416 e. The Kier molecular flexibility index (Phi) is 4.69. The number of rotatable bonds is 4. The summed E-state index contributed by atoms with van der Waals surface area (Å²) in [5.41, 5.74) is -0.0986. The molecule has 2 rings (SSSR count). The van der Waals surface area contributed by atoms with Crippen LogP contribution in [0.15, 0.2) is 36.7 Å². The molecule has 0 aliphatic rings. The Balaban J connectivity index is 2.13. The lowest BCUT2D eigenvalue weighted by Crippen LogP contribution is -2.28. The van der Waals surface area contributed by atoms with Gasteiger partial charge in [-0.05, 0) is 24.6 Å². The Hall–Kier alpha value is -2.51. The second-order valence-electron chi connectivity index (χ2n) is 4.60. The second-order valence-corrected chi connectivity index (χ2v) is 4.60. The fraction of sp³-hybridized carbons (Fsp3) is 0.286. The minimum Gasteiger partial charge on any atom is -0.338 e. The van der Waals surface area contributed by atoms with E-state index in [1.165, 1.54) is 29.2 Å². The van der Waals surface area contributed by atoms with Gasteiger partial charge in [0.1, 0.15) is 0 Å². The fourth-order valence-electron chi connectivity index (χ4n) is 1.77. The van der Waals surface area contributed by atoms with Crippen molar-refractivity contribution in [1.29, 1.82) is 0 Å². The number of nitrogens with zero attached hydrogens (tertiary/aromatic N) is 2. The monoisotopic (exact) mass is 312 g/mol. The van der Waals surface area contributed by atoms with Crippen LogP contribution in [-0.2, 0) is 6.18 Å². The highest BCUT2D eigenvalue weighted by Crippen LogP contribution is 2.30. The smallest absolute Gasteiger partial charge is 0.338 e. The van der Waals surface area contributed by atoms with Crippen molar-refractivity contribution in [3.05, 3.63) is 42.2 Å². The number of carbonyl (C=O) groups excluding carboxylic acids is 1. The lowest BCUT2D eigenvalue weighted by atomic mass is 10.2. The van der Waals surface area contributed by atoms with Gasteiger partial charge in [-0.2, -0.15) is 18.3 Å². The first kappa shape index (κ1) is 15.9. The molecule has 5 nitrogen and oxygen atoms in total. The second kappa shape index (κ2) is 6.50. The Bertz CT molecular complexity index is 652. The lowest BCUT2D eigenvalue weighted by molar-refractivity contribution is -0.137. The Morgan fingerprint density at radius 3 is 2.82 bits per heavy atom. The number of urea groups is 1. The van der Waals surface area contributed by atoms with Gasteiger partial charge in [-0.25, -0.2) is 9.48 Å². The van der Waals surface area contributed by atoms with E-state index in [1.54, 1.807) is 0 Å². The molecule has 8 heteroatoms. The number of aromatic nitrogens is 2. The minimum atomic E-state index is -4.41. The van der Waals surface area contributed by atoms with E-state index in [4.69, 9.17) is 0 Å². The molecular formula is C14H15F3N4O. The van der Waals surface area contributed by atoms with Crippen LogP contribution in [-0.4, -0.2) is 22.4 Å². The quantitative estimate of drug-likeness (QED) is 0.909. The van der Waals surface area contributed by atoms with Crippen molar-refractivity contribution in [2.75, 3.05) is 11.9 Å². The van der Waals surface area contributed by atoms with E-state index in [0.717, 1.165) is 18.6 Å². The zero-order valence-corrected chi connectivity index (χ0v) is 11.8. The molecule has 0 aliphatic heterocycles. The van der Waals surface area contributed by atoms with Gasteiger partial charge < -0.3 is 10.6 Å². The lowest BCUT2D eigenvalue weighted by Gasteiger charge is -2.08. The Morgan fingerprint density at radius 2 is 2.14 bits per heavy atom. The zero-order chi connectivity index (χ0) is 16.2. The average molecular weight is 312 g/mol. The van der Waals surface area contributed by atoms with Gasteiger partial charge in [-0.15, -0.1) is 0 Å². The molecule has 0 radical (unpaired) electrons. The molecule has 118 valence electrons. The first-order chi connectivity index (χ1) is 10.4. The molecule has 0 saturated carbocycles. The third-order valence-corrected chi connectivity index (χ3v) is 2.81. The molecule has 1 heterocycles. The summed E-state index contributed by atoms with van der Waals surface area (Å²) >= 11 is 0. The molecule has 1 aromatic carbocycles. The van der Waals surface area contributed by atoms with Crippen molar-refractivity contribution in [2.24, 2.45) is 0 Å². The van der Waals surface area contributed by atoms with E-state index >= 15 is 0 Å². The maximum atomic E-state index is 12.7. The average Bonchev–Trinajstić information content (AvgIpc) is 2.93. The van der Waals surface area contributed by atoms with Crippen molar-refractivity contribution in [3.63, 3.8) is 0 Å². The van der Waals surface area contributed by atoms with Crippen LogP contribution in [0.1, 0.15) is 18.9 Å². The Labute approximate surface area is 125 Å². The van der Waals surface area contributed by atoms with Crippen molar-refractivity contribution >= 4 is 11.7 Å². The van der Waals surface area contributed by atoms with Crippen LogP contribution in [0, 0.1) is 0 Å². The molecule has 0 bridgehead atoms. The molecule has 0 fully saturated rings. The predicted octanol–water partition coefficient (Wildman–Crippen LogP) is 3.42. The number of amides is 2. The van der Waals surface area contributed by atoms with Gasteiger partial charge >= 0.3 is 12.2 Å². The largest absolute Gasteiger partial charge is 0.416 e. The predicted molar refractivity (Wildman–Crippen MR) is 75.9 cm³/mol. The third kappa shape index (κ3) is 4.00. The number of halogens is 3. The number of anilines is 1. The molecule has 0 atom stereocenters. The molecular weight excluding hydrogens is 297 g/mol. The van der Waals surface area contributed by atoms with E-state index < -0.39 is 11.7 Å². The van der Waals surface area contributed by atoms with E-state index in [0.29, 0.717) is 12.2 Å². The highest BCUT2D eigenvalue weighted by molar-refractivity contribution is 5.88. The maximum absolute atomic E-state index is 12.7. The first-order valence-electron chi connectivity index (χ1n) is 6.67. The topological polar surface area (TPSA) is 59.0 Å². The zero-order valence-electron chi connectivity index (χ0n) is 11.8. The van der Waals surface area contributed by atoms with Gasteiger partial charge in [0.2, 0.25) is 0 Å². The third-order valence-electron chi connectivity index (χ3n) is 2.81. The molecule has 0 saturated heterocycles. The van der Waals surface area contributed by atoms with Crippen molar-refractivity contribution in [2.45, 2.75) is 19.5 Å². The number of carbonyl (C=O) groups is 1. The highest BCUT2D eigenvalue weighted by Gasteiger charge is 2.30. The summed E-state index contributed by atoms with van der Waals surface area (Å²) < 4.78 is 39.3. The van der Waals surface area contributed by atoms with E-state index in [2.05, 4.69) is 15.7 Å². The summed E-state index contributed by atoms with van der Waals surface area (Å²) in [7, 11) is 0. The van der Waals surface area contributed by atoms with Gasteiger partial charge in [0.05, 0.1) is 29.3 Å². The van der Waals surface area contributed by atoms with Crippen LogP contribution in [0.5, 0.6) is 0 Å². The van der Waals surface area contributed by atoms with Gasteiger partial charge in [-0.3, -0.25) is 0 Å². The standard InChI is InChI=1S/C14H15F3N4O/c1-2-6-18-13(22)20-11-8-19-21(9-11)12-5-3-4-10(7-12)14(15,16)17/h3-5,7-9H,2,6H2,1H3,(H2,18,20,22). The number of benzene rings is 1. The van der Waals surface area contributed by atoms with Gasteiger partial charge in [0, 0.05) is 6.54 Å². The summed E-state index contributed by atoms with van der Waals surface area (Å²) in [4.78, 5) is 11.5. The normalized spacial score (nSPS) is 11.3. The summed E-state index contributed by atoms with van der Waals surface area (Å²) in [6.45, 7) is 2.46. The van der Waals surface area contributed by atoms with Crippen LogP contribution >= 0.6 is 0 Å². The van der Waals surface area contributed by atoms with Crippen molar-refractivity contribution in [3.8, 4) is 5.69 Å². The Morgan fingerprint density at radius 1 is 1.36 bits per heavy atom. The van der Waals surface area contributed by atoms with Crippen LogP contribution in [0.3, 0.4) is 0 Å². The molecule has 0 unspecified atom stereocenters. The number of nitrogens with one attached hydrogen (secondary N) is 2. The summed E-state index contributed by atoms with van der Waals surface area (Å²) in [6, 6.07) is 4.41. The van der Waals surface area contributed by atoms with Crippen LogP contribution in [0.25, 0.3) is 5.69 Å². The molecule has 0 spiro atoms. The summed E-state index contributed by atoms with van der Waals surface area (Å²) in [5, 5.41) is 9.13. The number of hydrogen-bond acceptors (Lipinski definition) is 2. The van der Waals surface area contributed by atoms with Gasteiger partial charge in [-0.1, -0.05) is 13.0 Å². The van der Waals surface area contributed by atoms with E-state index in [1.807, 2.05) is 6.92 Å². The molecule has 2 aromatic rings. The molecule has 1 aromatic heterocycles. The van der Waals surface area contributed by atoms with Crippen molar-refractivity contribution < 1.29 is 18.0 Å².